The maximum atomic E-state index is 10.9. The molecule has 0 saturated heterocycles. The normalized spacial score (nSPS) is 12.7. The van der Waals surface area contributed by atoms with E-state index in [1.807, 2.05) is 44.2 Å². The largest absolute Gasteiger partial charge is 0.496 e. The first kappa shape index (κ1) is 12.5. The molecule has 0 N–H and O–H groups in total. The highest BCUT2D eigenvalue weighted by Crippen LogP contribution is 2.29. The Hall–Kier alpha value is -1.57. The van der Waals surface area contributed by atoms with Crippen molar-refractivity contribution in [1.29, 1.82) is 0 Å². The van der Waals surface area contributed by atoms with Gasteiger partial charge in [0.1, 0.15) is 12.0 Å². The second-order valence-electron chi connectivity index (χ2n) is 3.65. The van der Waals surface area contributed by atoms with Crippen molar-refractivity contribution >= 4 is 12.4 Å². The average molecular weight is 218 g/mol. The summed E-state index contributed by atoms with van der Waals surface area (Å²) in [6.45, 7) is 3.97. The van der Waals surface area contributed by atoms with Crippen molar-refractivity contribution in [2.75, 3.05) is 7.11 Å². The molecule has 1 aromatic carbocycles. The topological polar surface area (TPSA) is 26.3 Å². The maximum Gasteiger partial charge on any atom is 0.127 e. The minimum Gasteiger partial charge on any atom is -0.496 e. The summed E-state index contributed by atoms with van der Waals surface area (Å²) in [6, 6.07) is 5.93. The highest BCUT2D eigenvalue weighted by atomic mass is 16.5. The lowest BCUT2D eigenvalue weighted by Crippen LogP contribution is -2.01. The summed E-state index contributed by atoms with van der Waals surface area (Å²) in [6.07, 6.45) is 5.76. The fourth-order valence-corrected chi connectivity index (χ4v) is 1.72. The molecule has 0 spiro atoms. The molecular weight excluding hydrogens is 200 g/mol. The SMILES string of the molecule is CC=Cc1ccc(C(C=O)CC)c(OC)c1. The Morgan fingerprint density at radius 1 is 1.44 bits per heavy atom. The van der Waals surface area contributed by atoms with Crippen LogP contribution in [0.5, 0.6) is 5.75 Å². The molecule has 0 aliphatic heterocycles. The van der Waals surface area contributed by atoms with E-state index in [0.29, 0.717) is 0 Å². The fraction of sp³-hybridized carbons (Fsp3) is 0.357. The number of carbonyl (C=O) groups is 1. The predicted octanol–water partition coefficient (Wildman–Crippen LogP) is 3.42. The van der Waals surface area contributed by atoms with Gasteiger partial charge in [0.15, 0.2) is 0 Å². The third-order valence-corrected chi connectivity index (χ3v) is 2.62. The highest BCUT2D eigenvalue weighted by molar-refractivity contribution is 5.66. The minimum atomic E-state index is -0.0744. The monoisotopic (exact) mass is 218 g/mol. The molecule has 0 bridgehead atoms. The summed E-state index contributed by atoms with van der Waals surface area (Å²) >= 11 is 0. The fourth-order valence-electron chi connectivity index (χ4n) is 1.72. The number of hydrogen-bond donors (Lipinski definition) is 0. The summed E-state index contributed by atoms with van der Waals surface area (Å²) in [5, 5.41) is 0. The summed E-state index contributed by atoms with van der Waals surface area (Å²) in [7, 11) is 1.63. The van der Waals surface area contributed by atoms with E-state index < -0.39 is 0 Å². The number of carbonyl (C=O) groups excluding carboxylic acids is 1. The lowest BCUT2D eigenvalue weighted by atomic mass is 9.96. The maximum absolute atomic E-state index is 10.9. The van der Waals surface area contributed by atoms with Crippen molar-refractivity contribution in [3.05, 3.63) is 35.4 Å². The third-order valence-electron chi connectivity index (χ3n) is 2.62. The van der Waals surface area contributed by atoms with Gasteiger partial charge in [0.25, 0.3) is 0 Å². The molecule has 0 aliphatic carbocycles. The number of methoxy groups -OCH3 is 1. The van der Waals surface area contributed by atoms with Gasteiger partial charge in [0.05, 0.1) is 7.11 Å². The molecule has 1 rings (SSSR count). The summed E-state index contributed by atoms with van der Waals surface area (Å²) in [5.74, 6) is 0.712. The molecule has 0 amide bonds. The molecule has 1 aromatic rings. The van der Waals surface area contributed by atoms with E-state index in [4.69, 9.17) is 4.74 Å². The zero-order valence-corrected chi connectivity index (χ0v) is 10.1. The van der Waals surface area contributed by atoms with Crippen LogP contribution in [0.25, 0.3) is 6.08 Å². The van der Waals surface area contributed by atoms with E-state index in [9.17, 15) is 4.79 Å². The first-order valence-corrected chi connectivity index (χ1v) is 5.52. The van der Waals surface area contributed by atoms with Crippen LogP contribution in [0, 0.1) is 0 Å². The van der Waals surface area contributed by atoms with Crippen LogP contribution in [0.3, 0.4) is 0 Å². The van der Waals surface area contributed by atoms with Crippen LogP contribution >= 0.6 is 0 Å². The third kappa shape index (κ3) is 2.72. The molecule has 0 fully saturated rings. The first-order valence-electron chi connectivity index (χ1n) is 5.52. The summed E-state index contributed by atoms with van der Waals surface area (Å²) < 4.78 is 5.32. The molecule has 0 saturated carbocycles. The number of benzene rings is 1. The van der Waals surface area contributed by atoms with Crippen LogP contribution < -0.4 is 4.74 Å². The second-order valence-corrected chi connectivity index (χ2v) is 3.65. The number of ether oxygens (including phenoxy) is 1. The van der Waals surface area contributed by atoms with Gasteiger partial charge in [-0.05, 0) is 25.0 Å². The Labute approximate surface area is 96.9 Å². The lowest BCUT2D eigenvalue weighted by molar-refractivity contribution is -0.109. The number of allylic oxidation sites excluding steroid dienone is 1. The van der Waals surface area contributed by atoms with Crippen LogP contribution in [0.15, 0.2) is 24.3 Å². The van der Waals surface area contributed by atoms with Crippen LogP contribution in [-0.2, 0) is 4.79 Å². The van der Waals surface area contributed by atoms with Gasteiger partial charge in [0, 0.05) is 11.5 Å². The average Bonchev–Trinajstić information content (AvgIpc) is 2.32. The van der Waals surface area contributed by atoms with Gasteiger partial charge >= 0.3 is 0 Å². The molecular formula is C14H18O2. The van der Waals surface area contributed by atoms with Crippen LogP contribution in [0.1, 0.15) is 37.3 Å². The van der Waals surface area contributed by atoms with Crippen LogP contribution in [0.4, 0.5) is 0 Å². The smallest absolute Gasteiger partial charge is 0.127 e. The van der Waals surface area contributed by atoms with Gasteiger partial charge in [-0.3, -0.25) is 0 Å². The van der Waals surface area contributed by atoms with Crippen molar-refractivity contribution in [2.45, 2.75) is 26.2 Å². The standard InChI is InChI=1S/C14H18O2/c1-4-6-11-7-8-13(12(5-2)10-15)14(9-11)16-3/h4,6-10,12H,5H2,1-3H3. The first-order chi connectivity index (χ1) is 7.76. The van der Waals surface area contributed by atoms with Gasteiger partial charge < -0.3 is 9.53 Å². The van der Waals surface area contributed by atoms with Crippen molar-refractivity contribution < 1.29 is 9.53 Å². The molecule has 1 unspecified atom stereocenters. The van der Waals surface area contributed by atoms with Crippen LogP contribution in [-0.4, -0.2) is 13.4 Å². The molecule has 0 radical (unpaired) electrons. The zero-order valence-electron chi connectivity index (χ0n) is 10.1. The Morgan fingerprint density at radius 3 is 2.69 bits per heavy atom. The van der Waals surface area contributed by atoms with Crippen LogP contribution in [0.2, 0.25) is 0 Å². The highest BCUT2D eigenvalue weighted by Gasteiger charge is 2.13. The zero-order chi connectivity index (χ0) is 12.0. The van der Waals surface area contributed by atoms with Gasteiger partial charge in [-0.25, -0.2) is 0 Å². The van der Waals surface area contributed by atoms with Gasteiger partial charge in [-0.2, -0.15) is 0 Å². The summed E-state index contributed by atoms with van der Waals surface area (Å²) in [4.78, 5) is 10.9. The van der Waals surface area contributed by atoms with Gasteiger partial charge in [-0.15, -0.1) is 0 Å². The molecule has 1 atom stereocenters. The van der Waals surface area contributed by atoms with E-state index in [0.717, 1.165) is 29.6 Å². The summed E-state index contributed by atoms with van der Waals surface area (Å²) in [5.41, 5.74) is 2.05. The molecule has 86 valence electrons. The van der Waals surface area contributed by atoms with E-state index in [-0.39, 0.29) is 5.92 Å². The molecule has 0 heterocycles. The van der Waals surface area contributed by atoms with Crippen molar-refractivity contribution in [2.24, 2.45) is 0 Å². The van der Waals surface area contributed by atoms with Gasteiger partial charge in [0.2, 0.25) is 0 Å². The second kappa shape index (κ2) is 6.11. The molecule has 2 heteroatoms. The predicted molar refractivity (Wildman–Crippen MR) is 66.8 cm³/mol. The Balaban J connectivity index is 3.15. The number of hydrogen-bond acceptors (Lipinski definition) is 2. The van der Waals surface area contributed by atoms with Crippen molar-refractivity contribution in [3.8, 4) is 5.75 Å². The van der Waals surface area contributed by atoms with E-state index in [1.54, 1.807) is 7.11 Å². The molecule has 0 aliphatic rings. The number of aldehydes is 1. The van der Waals surface area contributed by atoms with E-state index >= 15 is 0 Å². The van der Waals surface area contributed by atoms with E-state index in [1.165, 1.54) is 0 Å². The molecule has 16 heavy (non-hydrogen) atoms. The van der Waals surface area contributed by atoms with E-state index in [2.05, 4.69) is 0 Å². The quantitative estimate of drug-likeness (QED) is 0.708. The van der Waals surface area contributed by atoms with Crippen molar-refractivity contribution in [3.63, 3.8) is 0 Å². The lowest BCUT2D eigenvalue weighted by Gasteiger charge is -2.13. The molecule has 0 aromatic heterocycles. The van der Waals surface area contributed by atoms with Gasteiger partial charge in [-0.1, -0.05) is 31.2 Å². The van der Waals surface area contributed by atoms with Crippen molar-refractivity contribution in [1.82, 2.24) is 0 Å². The molecule has 2 nitrogen and oxygen atoms in total. The Bertz CT molecular complexity index is 380. The minimum absolute atomic E-state index is 0.0744. The Morgan fingerprint density at radius 2 is 2.19 bits per heavy atom. The number of rotatable bonds is 5. The Kier molecular flexibility index (Phi) is 4.77.